The van der Waals surface area contributed by atoms with Gasteiger partial charge in [-0.25, -0.2) is 0 Å². The molecule has 0 radical (unpaired) electrons. The molecule has 3 rings (SSSR count). The van der Waals surface area contributed by atoms with E-state index in [0.717, 1.165) is 32.7 Å². The molecule has 2 saturated heterocycles. The maximum Gasteiger partial charge on any atom is 0.147 e. The molecule has 18 heavy (non-hydrogen) atoms. The Labute approximate surface area is 108 Å². The maximum absolute atomic E-state index is 5.44. The van der Waals surface area contributed by atoms with Crippen LogP contribution in [0.15, 0.2) is 30.3 Å². The van der Waals surface area contributed by atoms with Crippen LogP contribution in [0.1, 0.15) is 24.5 Å². The molecule has 2 aliphatic rings. The molecule has 0 N–H and O–H groups in total. The van der Waals surface area contributed by atoms with Crippen molar-refractivity contribution in [3.63, 3.8) is 0 Å². The normalized spacial score (nSPS) is 23.9. The van der Waals surface area contributed by atoms with Crippen molar-refractivity contribution in [2.75, 3.05) is 33.4 Å². The largest absolute Gasteiger partial charge is 0.355 e. The number of hydrogen-bond acceptors (Lipinski definition) is 4. The summed E-state index contributed by atoms with van der Waals surface area (Å²) < 4.78 is 20.2. The first-order valence-corrected chi connectivity index (χ1v) is 6.36. The van der Waals surface area contributed by atoms with Crippen LogP contribution < -0.4 is 0 Å². The molecule has 0 bridgehead atoms. The van der Waals surface area contributed by atoms with Gasteiger partial charge in [0.15, 0.2) is 0 Å². The van der Waals surface area contributed by atoms with Gasteiger partial charge in [-0.05, 0) is 12.0 Å². The van der Waals surface area contributed by atoms with Gasteiger partial charge in [0.05, 0.1) is 25.9 Å². The van der Waals surface area contributed by atoms with E-state index in [0.29, 0.717) is 13.6 Å². The molecule has 0 saturated carbocycles. The topological polar surface area (TPSA) is 36.9 Å². The monoisotopic (exact) mass is 252 g/mol. The molecule has 2 heterocycles. The SMILES string of the molecule is C1COCOC1.c1ccc(C2CCOCO2)cc1. The van der Waals surface area contributed by atoms with Crippen molar-refractivity contribution in [2.45, 2.75) is 18.9 Å². The lowest BCUT2D eigenvalue weighted by atomic mass is 10.1. The summed E-state index contributed by atoms with van der Waals surface area (Å²) in [6.45, 7) is 3.49. The summed E-state index contributed by atoms with van der Waals surface area (Å²) in [5.41, 5.74) is 1.25. The van der Waals surface area contributed by atoms with Crippen LogP contribution in [-0.2, 0) is 18.9 Å². The van der Waals surface area contributed by atoms with E-state index in [1.807, 2.05) is 18.2 Å². The van der Waals surface area contributed by atoms with Gasteiger partial charge in [-0.3, -0.25) is 0 Å². The van der Waals surface area contributed by atoms with Gasteiger partial charge in [0.2, 0.25) is 0 Å². The predicted octanol–water partition coefficient (Wildman–Crippen LogP) is 2.50. The van der Waals surface area contributed by atoms with Crippen LogP contribution in [0.25, 0.3) is 0 Å². The molecule has 1 aromatic carbocycles. The third-order valence-electron chi connectivity index (χ3n) is 2.79. The van der Waals surface area contributed by atoms with Gasteiger partial charge in [-0.2, -0.15) is 0 Å². The van der Waals surface area contributed by atoms with Crippen molar-refractivity contribution in [1.29, 1.82) is 0 Å². The summed E-state index contributed by atoms with van der Waals surface area (Å²) in [5, 5.41) is 0. The number of benzene rings is 1. The molecule has 2 fully saturated rings. The molecule has 4 nitrogen and oxygen atoms in total. The van der Waals surface area contributed by atoms with Crippen LogP contribution >= 0.6 is 0 Å². The first-order chi connectivity index (χ1) is 8.97. The third-order valence-corrected chi connectivity index (χ3v) is 2.79. The minimum Gasteiger partial charge on any atom is -0.355 e. The number of hydrogen-bond donors (Lipinski definition) is 0. The predicted molar refractivity (Wildman–Crippen MR) is 67.1 cm³/mol. The average Bonchev–Trinajstić information content (AvgIpc) is 2.51. The third kappa shape index (κ3) is 4.74. The zero-order valence-corrected chi connectivity index (χ0v) is 10.5. The van der Waals surface area contributed by atoms with Gasteiger partial charge in [0, 0.05) is 6.42 Å². The van der Waals surface area contributed by atoms with E-state index in [2.05, 4.69) is 12.1 Å². The van der Waals surface area contributed by atoms with Crippen molar-refractivity contribution in [3.05, 3.63) is 35.9 Å². The molecular weight excluding hydrogens is 232 g/mol. The Kier molecular flexibility index (Phi) is 6.16. The highest BCUT2D eigenvalue weighted by molar-refractivity contribution is 5.17. The van der Waals surface area contributed by atoms with E-state index in [1.165, 1.54) is 5.56 Å². The molecule has 1 atom stereocenters. The fourth-order valence-corrected chi connectivity index (χ4v) is 1.83. The summed E-state index contributed by atoms with van der Waals surface area (Å²) in [6.07, 6.45) is 2.25. The van der Waals surface area contributed by atoms with E-state index in [1.54, 1.807) is 0 Å². The smallest absolute Gasteiger partial charge is 0.147 e. The maximum atomic E-state index is 5.44. The second-order valence-corrected chi connectivity index (χ2v) is 4.17. The summed E-state index contributed by atoms with van der Waals surface area (Å²) in [6, 6.07) is 10.3. The first kappa shape index (κ1) is 13.5. The fourth-order valence-electron chi connectivity index (χ4n) is 1.83. The molecule has 0 amide bonds. The minimum atomic E-state index is 0.236. The van der Waals surface area contributed by atoms with Crippen LogP contribution in [0.2, 0.25) is 0 Å². The Morgan fingerprint density at radius 2 is 1.56 bits per heavy atom. The fraction of sp³-hybridized carbons (Fsp3) is 0.571. The molecule has 0 aliphatic carbocycles. The molecule has 100 valence electrons. The molecule has 1 unspecified atom stereocenters. The lowest BCUT2D eigenvalue weighted by Crippen LogP contribution is -2.16. The zero-order valence-electron chi connectivity index (χ0n) is 10.5. The summed E-state index contributed by atoms with van der Waals surface area (Å²) >= 11 is 0. The molecule has 0 spiro atoms. The van der Waals surface area contributed by atoms with Crippen LogP contribution in [-0.4, -0.2) is 33.4 Å². The lowest BCUT2D eigenvalue weighted by molar-refractivity contribution is -0.140. The Morgan fingerprint density at radius 3 is 2.06 bits per heavy atom. The highest BCUT2D eigenvalue weighted by Crippen LogP contribution is 2.23. The van der Waals surface area contributed by atoms with Gasteiger partial charge in [-0.1, -0.05) is 30.3 Å². The van der Waals surface area contributed by atoms with E-state index in [4.69, 9.17) is 18.9 Å². The quantitative estimate of drug-likeness (QED) is 0.769. The standard InChI is InChI=1S/C10H12O2.C4H8O2/c1-2-4-9(5-3-1)10-6-7-11-8-12-10;1-2-5-4-6-3-1/h1-5,10H,6-8H2;1-4H2. The Bertz CT molecular complexity index is 293. The van der Waals surface area contributed by atoms with E-state index >= 15 is 0 Å². The van der Waals surface area contributed by atoms with Gasteiger partial charge in [-0.15, -0.1) is 0 Å². The molecular formula is C14H20O4. The van der Waals surface area contributed by atoms with Crippen LogP contribution in [0.3, 0.4) is 0 Å². The van der Waals surface area contributed by atoms with E-state index in [9.17, 15) is 0 Å². The number of rotatable bonds is 1. The average molecular weight is 252 g/mol. The summed E-state index contributed by atoms with van der Waals surface area (Å²) in [4.78, 5) is 0. The van der Waals surface area contributed by atoms with Gasteiger partial charge in [0.1, 0.15) is 13.6 Å². The lowest BCUT2D eigenvalue weighted by Gasteiger charge is -2.22. The Hall–Kier alpha value is -0.940. The van der Waals surface area contributed by atoms with Crippen LogP contribution in [0.5, 0.6) is 0 Å². The second-order valence-electron chi connectivity index (χ2n) is 4.17. The van der Waals surface area contributed by atoms with Gasteiger partial charge >= 0.3 is 0 Å². The molecule has 1 aromatic rings. The first-order valence-electron chi connectivity index (χ1n) is 6.36. The number of ether oxygens (including phenoxy) is 4. The van der Waals surface area contributed by atoms with Crippen molar-refractivity contribution in [3.8, 4) is 0 Å². The van der Waals surface area contributed by atoms with Crippen molar-refractivity contribution >= 4 is 0 Å². The minimum absolute atomic E-state index is 0.236. The summed E-state index contributed by atoms with van der Waals surface area (Å²) in [7, 11) is 0. The summed E-state index contributed by atoms with van der Waals surface area (Å²) in [5.74, 6) is 0. The highest BCUT2D eigenvalue weighted by Gasteiger charge is 2.15. The van der Waals surface area contributed by atoms with Crippen molar-refractivity contribution in [1.82, 2.24) is 0 Å². The Balaban J connectivity index is 0.000000169. The molecule has 2 aliphatic heterocycles. The van der Waals surface area contributed by atoms with E-state index < -0.39 is 0 Å². The van der Waals surface area contributed by atoms with Crippen LogP contribution in [0.4, 0.5) is 0 Å². The van der Waals surface area contributed by atoms with Crippen molar-refractivity contribution < 1.29 is 18.9 Å². The van der Waals surface area contributed by atoms with Crippen molar-refractivity contribution in [2.24, 2.45) is 0 Å². The second kappa shape index (κ2) is 8.21. The highest BCUT2D eigenvalue weighted by atomic mass is 16.7. The molecule has 4 heteroatoms. The molecule has 0 aromatic heterocycles. The van der Waals surface area contributed by atoms with Crippen LogP contribution in [0, 0.1) is 0 Å². The van der Waals surface area contributed by atoms with E-state index in [-0.39, 0.29) is 6.10 Å². The van der Waals surface area contributed by atoms with Gasteiger partial charge in [0.25, 0.3) is 0 Å². The zero-order chi connectivity index (χ0) is 12.5. The van der Waals surface area contributed by atoms with Gasteiger partial charge < -0.3 is 18.9 Å². The Morgan fingerprint density at radius 1 is 0.833 bits per heavy atom.